The number of piperidine rings is 1. The summed E-state index contributed by atoms with van der Waals surface area (Å²) in [5.74, 6) is 0. The molecule has 3 rings (SSSR count). The number of halogens is 1. The summed E-state index contributed by atoms with van der Waals surface area (Å²) in [6.45, 7) is 3.54. The van der Waals surface area contributed by atoms with Gasteiger partial charge in [-0.05, 0) is 69.5 Å². The van der Waals surface area contributed by atoms with Gasteiger partial charge in [-0.15, -0.1) is 0 Å². The molecule has 2 aliphatic rings. The van der Waals surface area contributed by atoms with Gasteiger partial charge < -0.3 is 10.2 Å². The third kappa shape index (κ3) is 2.96. The molecule has 1 N–H and O–H groups in total. The molecule has 1 heterocycles. The zero-order valence-electron chi connectivity index (χ0n) is 11.8. The van der Waals surface area contributed by atoms with E-state index >= 15 is 0 Å². The number of nitrogens with zero attached hydrogens (tertiary/aromatic N) is 1. The topological polar surface area (TPSA) is 15.3 Å². The molecule has 0 bridgehead atoms. The van der Waals surface area contributed by atoms with Crippen LogP contribution in [-0.4, -0.2) is 36.6 Å². The monoisotopic (exact) mass is 278 g/mol. The van der Waals surface area contributed by atoms with Crippen LogP contribution < -0.4 is 5.32 Å². The van der Waals surface area contributed by atoms with Crippen molar-refractivity contribution in [2.45, 2.75) is 50.7 Å². The highest BCUT2D eigenvalue weighted by molar-refractivity contribution is 6.30. The molecule has 0 saturated carbocycles. The van der Waals surface area contributed by atoms with Gasteiger partial charge in [0.1, 0.15) is 0 Å². The lowest BCUT2D eigenvalue weighted by Crippen LogP contribution is -2.48. The molecule has 0 spiro atoms. The Kier molecular flexibility index (Phi) is 3.84. The minimum atomic E-state index is 0.606. The van der Waals surface area contributed by atoms with Crippen LogP contribution in [0.5, 0.6) is 0 Å². The van der Waals surface area contributed by atoms with Crippen LogP contribution >= 0.6 is 11.6 Å². The van der Waals surface area contributed by atoms with Gasteiger partial charge in [-0.1, -0.05) is 17.7 Å². The lowest BCUT2D eigenvalue weighted by atomic mass is 9.98. The normalized spacial score (nSPS) is 31.4. The van der Waals surface area contributed by atoms with E-state index in [-0.39, 0.29) is 0 Å². The minimum absolute atomic E-state index is 0.606. The van der Waals surface area contributed by atoms with Gasteiger partial charge in [0, 0.05) is 23.1 Å². The van der Waals surface area contributed by atoms with Crippen LogP contribution in [0, 0.1) is 0 Å². The fourth-order valence-corrected chi connectivity index (χ4v) is 3.67. The molecule has 1 fully saturated rings. The van der Waals surface area contributed by atoms with Crippen molar-refractivity contribution in [3.05, 3.63) is 34.3 Å². The average molecular weight is 279 g/mol. The fraction of sp³-hybridized carbons (Fsp3) is 0.625. The Balaban J connectivity index is 1.59. The summed E-state index contributed by atoms with van der Waals surface area (Å²) in [5, 5.41) is 4.73. The zero-order chi connectivity index (χ0) is 13.4. The van der Waals surface area contributed by atoms with Gasteiger partial charge >= 0.3 is 0 Å². The van der Waals surface area contributed by atoms with Crippen LogP contribution in [0.2, 0.25) is 5.02 Å². The minimum Gasteiger partial charge on any atom is -0.310 e. The lowest BCUT2D eigenvalue weighted by molar-refractivity contribution is 0.162. The first-order valence-corrected chi connectivity index (χ1v) is 7.73. The molecule has 0 aromatic heterocycles. The summed E-state index contributed by atoms with van der Waals surface area (Å²) in [5.41, 5.74) is 2.91. The summed E-state index contributed by atoms with van der Waals surface area (Å²) in [7, 11) is 2.23. The van der Waals surface area contributed by atoms with Crippen molar-refractivity contribution < 1.29 is 0 Å². The average Bonchev–Trinajstić information content (AvgIpc) is 2.75. The molecular weight excluding hydrogens is 256 g/mol. The van der Waals surface area contributed by atoms with Gasteiger partial charge in [0.25, 0.3) is 0 Å². The van der Waals surface area contributed by atoms with Crippen LogP contribution in [-0.2, 0) is 12.8 Å². The number of fused-ring (bicyclic) bond motifs is 1. The van der Waals surface area contributed by atoms with Crippen molar-refractivity contribution >= 4 is 11.6 Å². The quantitative estimate of drug-likeness (QED) is 0.895. The van der Waals surface area contributed by atoms with Gasteiger partial charge in [-0.2, -0.15) is 0 Å². The summed E-state index contributed by atoms with van der Waals surface area (Å²) in [6, 6.07) is 8.33. The smallest absolute Gasteiger partial charge is 0.0408 e. The van der Waals surface area contributed by atoms with Crippen molar-refractivity contribution in [1.82, 2.24) is 10.2 Å². The Morgan fingerprint density at radius 3 is 2.79 bits per heavy atom. The molecule has 19 heavy (non-hydrogen) atoms. The second kappa shape index (κ2) is 5.43. The molecule has 1 aromatic rings. The Morgan fingerprint density at radius 2 is 2.00 bits per heavy atom. The summed E-state index contributed by atoms with van der Waals surface area (Å²) in [4.78, 5) is 2.46. The summed E-state index contributed by atoms with van der Waals surface area (Å²) >= 11 is 6.07. The number of nitrogens with one attached hydrogen (secondary N) is 1. The lowest BCUT2D eigenvalue weighted by Gasteiger charge is -2.36. The number of rotatable bonds is 2. The number of likely N-dealkylation sites (tertiary alicyclic amines) is 1. The molecule has 0 radical (unpaired) electrons. The Hall–Kier alpha value is -0.570. The predicted octanol–water partition coefficient (Wildman–Crippen LogP) is 2.88. The van der Waals surface area contributed by atoms with Crippen LogP contribution in [0.15, 0.2) is 18.2 Å². The highest BCUT2D eigenvalue weighted by Crippen LogP contribution is 2.26. The van der Waals surface area contributed by atoms with E-state index in [2.05, 4.69) is 36.3 Å². The predicted molar refractivity (Wildman–Crippen MR) is 80.9 cm³/mol. The molecule has 3 unspecified atom stereocenters. The summed E-state index contributed by atoms with van der Waals surface area (Å²) < 4.78 is 0. The third-order valence-corrected chi connectivity index (χ3v) is 5.02. The molecular formula is C16H23ClN2. The van der Waals surface area contributed by atoms with Crippen LogP contribution in [0.1, 0.15) is 30.9 Å². The molecule has 3 heteroatoms. The van der Waals surface area contributed by atoms with Gasteiger partial charge in [0.2, 0.25) is 0 Å². The van der Waals surface area contributed by atoms with Gasteiger partial charge in [0.05, 0.1) is 0 Å². The summed E-state index contributed by atoms with van der Waals surface area (Å²) in [6.07, 6.45) is 4.84. The Labute approximate surface area is 121 Å². The van der Waals surface area contributed by atoms with Gasteiger partial charge in [0.15, 0.2) is 0 Å². The first-order chi connectivity index (χ1) is 9.11. The standard InChI is InChI=1S/C16H23ClN2/c1-11-7-15(5-6-19(11)2)18-16-9-12-3-4-14(17)8-13(12)10-16/h3-4,8,11,15-16,18H,5-7,9-10H2,1-2H3. The van der Waals surface area contributed by atoms with Crippen LogP contribution in [0.25, 0.3) is 0 Å². The molecule has 104 valence electrons. The second-order valence-electron chi connectivity index (χ2n) is 6.24. The maximum Gasteiger partial charge on any atom is 0.0408 e. The van der Waals surface area contributed by atoms with Crippen molar-refractivity contribution in [2.75, 3.05) is 13.6 Å². The van der Waals surface area contributed by atoms with Crippen molar-refractivity contribution in [2.24, 2.45) is 0 Å². The zero-order valence-corrected chi connectivity index (χ0v) is 12.6. The SMILES string of the molecule is CC1CC(NC2Cc3ccc(Cl)cc3C2)CCN1C. The number of benzene rings is 1. The van der Waals surface area contributed by atoms with Crippen LogP contribution in [0.4, 0.5) is 0 Å². The maximum atomic E-state index is 6.07. The van der Waals surface area contributed by atoms with E-state index in [1.54, 1.807) is 0 Å². The highest BCUT2D eigenvalue weighted by Gasteiger charge is 2.27. The van der Waals surface area contributed by atoms with Crippen molar-refractivity contribution in [3.63, 3.8) is 0 Å². The first-order valence-electron chi connectivity index (χ1n) is 7.35. The van der Waals surface area contributed by atoms with E-state index in [0.29, 0.717) is 18.1 Å². The van der Waals surface area contributed by atoms with E-state index in [9.17, 15) is 0 Å². The molecule has 0 amide bonds. The van der Waals surface area contributed by atoms with E-state index < -0.39 is 0 Å². The molecule has 1 aliphatic heterocycles. The van der Waals surface area contributed by atoms with Crippen molar-refractivity contribution in [3.8, 4) is 0 Å². The number of hydrogen-bond acceptors (Lipinski definition) is 2. The van der Waals surface area contributed by atoms with Gasteiger partial charge in [-0.25, -0.2) is 0 Å². The largest absolute Gasteiger partial charge is 0.310 e. The fourth-order valence-electron chi connectivity index (χ4n) is 3.48. The van der Waals surface area contributed by atoms with E-state index in [1.807, 2.05) is 6.07 Å². The van der Waals surface area contributed by atoms with Crippen molar-refractivity contribution in [1.29, 1.82) is 0 Å². The maximum absolute atomic E-state index is 6.07. The molecule has 2 nitrogen and oxygen atoms in total. The number of hydrogen-bond donors (Lipinski definition) is 1. The molecule has 1 saturated heterocycles. The third-order valence-electron chi connectivity index (χ3n) is 4.78. The van der Waals surface area contributed by atoms with Gasteiger partial charge in [-0.3, -0.25) is 0 Å². The Bertz CT molecular complexity index is 460. The Morgan fingerprint density at radius 1 is 1.21 bits per heavy atom. The van der Waals surface area contributed by atoms with E-state index in [0.717, 1.165) is 17.9 Å². The second-order valence-corrected chi connectivity index (χ2v) is 6.67. The molecule has 1 aromatic carbocycles. The van der Waals surface area contributed by atoms with E-state index in [4.69, 9.17) is 11.6 Å². The molecule has 1 aliphatic carbocycles. The molecule has 3 atom stereocenters. The van der Waals surface area contributed by atoms with E-state index in [1.165, 1.54) is 30.5 Å². The first kappa shape index (κ1) is 13.4. The van der Waals surface area contributed by atoms with Crippen LogP contribution in [0.3, 0.4) is 0 Å². The highest BCUT2D eigenvalue weighted by atomic mass is 35.5.